The van der Waals surface area contributed by atoms with Gasteiger partial charge in [0, 0.05) is 6.42 Å². The van der Waals surface area contributed by atoms with E-state index in [1.165, 1.54) is 0 Å². The zero-order chi connectivity index (χ0) is 10.8. The first-order valence-electron chi connectivity index (χ1n) is 5.02. The third-order valence-electron chi connectivity index (χ3n) is 2.93. The van der Waals surface area contributed by atoms with Crippen LogP contribution in [0.2, 0.25) is 0 Å². The predicted octanol–water partition coefficient (Wildman–Crippen LogP) is 3.43. The van der Waals surface area contributed by atoms with Crippen molar-refractivity contribution in [2.24, 2.45) is 5.41 Å². The van der Waals surface area contributed by atoms with Crippen molar-refractivity contribution < 1.29 is 4.79 Å². The first-order valence-corrected chi connectivity index (χ1v) is 5.02. The first-order chi connectivity index (χ1) is 6.49. The topological polar surface area (TPSA) is 17.1 Å². The Bertz CT molecular complexity index is 316. The highest BCUT2D eigenvalue weighted by Crippen LogP contribution is 2.39. The summed E-state index contributed by atoms with van der Waals surface area (Å²) in [6.45, 7) is 9.94. The number of rotatable bonds is 2. The van der Waals surface area contributed by atoms with Gasteiger partial charge in [-0.2, -0.15) is 0 Å². The maximum Gasteiger partial charge on any atom is 0.158 e. The van der Waals surface area contributed by atoms with E-state index >= 15 is 0 Å². The number of carbonyl (C=O) groups is 1. The third-order valence-corrected chi connectivity index (χ3v) is 2.93. The van der Waals surface area contributed by atoms with Crippen molar-refractivity contribution >= 4 is 5.78 Å². The smallest absolute Gasteiger partial charge is 0.158 e. The Balaban J connectivity index is 3.14. The second-order valence-corrected chi connectivity index (χ2v) is 4.44. The maximum atomic E-state index is 11.5. The van der Waals surface area contributed by atoms with E-state index in [1.807, 2.05) is 19.1 Å². The molecule has 0 aromatic carbocycles. The lowest BCUT2D eigenvalue weighted by Crippen LogP contribution is -2.24. The number of allylic oxidation sites excluding steroid dienone is 5. The number of hydrogen-bond donors (Lipinski definition) is 0. The van der Waals surface area contributed by atoms with Gasteiger partial charge in [-0.15, -0.1) is 0 Å². The molecular formula is C13H18O. The van der Waals surface area contributed by atoms with Gasteiger partial charge in [0.05, 0.1) is 0 Å². The predicted molar refractivity (Wildman–Crippen MR) is 60.1 cm³/mol. The van der Waals surface area contributed by atoms with Crippen molar-refractivity contribution in [2.75, 3.05) is 0 Å². The van der Waals surface area contributed by atoms with Gasteiger partial charge in [-0.25, -0.2) is 0 Å². The van der Waals surface area contributed by atoms with Crippen LogP contribution in [0.3, 0.4) is 0 Å². The number of Topliss-reactive ketones (excluding diaryl/α,β-unsaturated/α-hetero) is 1. The molecule has 0 radical (unpaired) electrons. The molecular weight excluding hydrogens is 172 g/mol. The van der Waals surface area contributed by atoms with Gasteiger partial charge < -0.3 is 0 Å². The molecule has 0 unspecified atom stereocenters. The summed E-state index contributed by atoms with van der Waals surface area (Å²) in [5.41, 5.74) is 2.20. The highest BCUT2D eigenvalue weighted by atomic mass is 16.1. The molecule has 76 valence electrons. The van der Waals surface area contributed by atoms with Gasteiger partial charge in [-0.1, -0.05) is 38.7 Å². The van der Waals surface area contributed by atoms with Crippen molar-refractivity contribution in [3.05, 3.63) is 36.0 Å². The van der Waals surface area contributed by atoms with Crippen molar-refractivity contribution in [3.63, 3.8) is 0 Å². The van der Waals surface area contributed by atoms with E-state index in [0.29, 0.717) is 6.42 Å². The summed E-state index contributed by atoms with van der Waals surface area (Å²) in [4.78, 5) is 11.5. The van der Waals surface area contributed by atoms with Gasteiger partial charge in [-0.3, -0.25) is 4.79 Å². The molecule has 0 aromatic rings. The van der Waals surface area contributed by atoms with Gasteiger partial charge in [0.15, 0.2) is 5.78 Å². The standard InChI is InChI=1S/C13H18O/c1-5-6-7-11-10(2)12(14)8-9-13(11,3)4/h5-7H,1,8-9H2,2-4H3. The molecule has 0 atom stereocenters. The highest BCUT2D eigenvalue weighted by molar-refractivity contribution is 5.97. The van der Waals surface area contributed by atoms with Crippen molar-refractivity contribution in [1.29, 1.82) is 0 Å². The first kappa shape index (κ1) is 11.0. The molecule has 1 rings (SSSR count). The summed E-state index contributed by atoms with van der Waals surface area (Å²) in [6.07, 6.45) is 7.29. The molecule has 0 aromatic heterocycles. The summed E-state index contributed by atoms with van der Waals surface area (Å²) in [6, 6.07) is 0. The minimum Gasteiger partial charge on any atom is -0.295 e. The molecule has 1 nitrogen and oxygen atoms in total. The molecule has 0 N–H and O–H groups in total. The second-order valence-electron chi connectivity index (χ2n) is 4.44. The van der Waals surface area contributed by atoms with Crippen LogP contribution >= 0.6 is 0 Å². The van der Waals surface area contributed by atoms with Crippen LogP contribution in [0, 0.1) is 5.41 Å². The van der Waals surface area contributed by atoms with Crippen molar-refractivity contribution in [2.45, 2.75) is 33.6 Å². The summed E-state index contributed by atoms with van der Waals surface area (Å²) >= 11 is 0. The fourth-order valence-corrected chi connectivity index (χ4v) is 1.92. The van der Waals surface area contributed by atoms with E-state index in [9.17, 15) is 4.79 Å². The highest BCUT2D eigenvalue weighted by Gasteiger charge is 2.30. The van der Waals surface area contributed by atoms with Crippen molar-refractivity contribution in [1.82, 2.24) is 0 Å². The number of carbonyl (C=O) groups excluding carboxylic acids is 1. The van der Waals surface area contributed by atoms with Crippen LogP contribution < -0.4 is 0 Å². The molecule has 0 amide bonds. The molecule has 0 saturated heterocycles. The van der Waals surface area contributed by atoms with Crippen LogP contribution in [0.15, 0.2) is 36.0 Å². The molecule has 1 heteroatoms. The third kappa shape index (κ3) is 2.03. The van der Waals surface area contributed by atoms with Crippen LogP contribution in [-0.2, 0) is 4.79 Å². The maximum absolute atomic E-state index is 11.5. The Labute approximate surface area is 86.2 Å². The van der Waals surface area contributed by atoms with Crippen LogP contribution in [0.4, 0.5) is 0 Å². The molecule has 0 heterocycles. The molecule has 0 saturated carbocycles. The Morgan fingerprint density at radius 1 is 1.43 bits per heavy atom. The average molecular weight is 190 g/mol. The van der Waals surface area contributed by atoms with E-state index in [2.05, 4.69) is 20.4 Å². The van der Waals surface area contributed by atoms with Gasteiger partial charge in [0.2, 0.25) is 0 Å². The Morgan fingerprint density at radius 2 is 2.07 bits per heavy atom. The van der Waals surface area contributed by atoms with Crippen molar-refractivity contribution in [3.8, 4) is 0 Å². The Hall–Kier alpha value is -1.11. The molecule has 14 heavy (non-hydrogen) atoms. The van der Waals surface area contributed by atoms with E-state index in [4.69, 9.17) is 0 Å². The van der Waals surface area contributed by atoms with Crippen LogP contribution in [0.5, 0.6) is 0 Å². The monoisotopic (exact) mass is 190 g/mol. The van der Waals surface area contributed by atoms with Gasteiger partial charge in [-0.05, 0) is 29.9 Å². The quantitative estimate of drug-likeness (QED) is 0.610. The lowest BCUT2D eigenvalue weighted by molar-refractivity contribution is -0.116. The normalized spacial score (nSPS) is 21.8. The summed E-state index contributed by atoms with van der Waals surface area (Å²) < 4.78 is 0. The van der Waals surface area contributed by atoms with Crippen LogP contribution in [0.1, 0.15) is 33.6 Å². The van der Waals surface area contributed by atoms with E-state index in [1.54, 1.807) is 6.08 Å². The molecule has 0 spiro atoms. The lowest BCUT2D eigenvalue weighted by atomic mass is 9.72. The van der Waals surface area contributed by atoms with E-state index in [-0.39, 0.29) is 11.2 Å². The lowest BCUT2D eigenvalue weighted by Gasteiger charge is -2.31. The summed E-state index contributed by atoms with van der Waals surface area (Å²) in [7, 11) is 0. The molecule has 0 fully saturated rings. The molecule has 1 aliphatic carbocycles. The second kappa shape index (κ2) is 3.95. The largest absolute Gasteiger partial charge is 0.295 e. The van der Waals surface area contributed by atoms with Gasteiger partial charge in [0.25, 0.3) is 0 Å². The molecule has 0 aliphatic heterocycles. The summed E-state index contributed by atoms with van der Waals surface area (Å²) in [5.74, 6) is 0.285. The average Bonchev–Trinajstić information content (AvgIpc) is 2.12. The minimum absolute atomic E-state index is 0.123. The van der Waals surface area contributed by atoms with Crippen LogP contribution in [-0.4, -0.2) is 5.78 Å². The number of ketones is 1. The number of hydrogen-bond acceptors (Lipinski definition) is 1. The summed E-state index contributed by atoms with van der Waals surface area (Å²) in [5, 5.41) is 0. The van der Waals surface area contributed by atoms with Gasteiger partial charge >= 0.3 is 0 Å². The molecule has 0 bridgehead atoms. The van der Waals surface area contributed by atoms with E-state index in [0.717, 1.165) is 17.6 Å². The molecule has 1 aliphatic rings. The fraction of sp³-hybridized carbons (Fsp3) is 0.462. The van der Waals surface area contributed by atoms with Gasteiger partial charge in [0.1, 0.15) is 0 Å². The minimum atomic E-state index is 0.123. The Kier molecular flexibility index (Phi) is 3.10. The zero-order valence-electron chi connectivity index (χ0n) is 9.26. The van der Waals surface area contributed by atoms with Crippen LogP contribution in [0.25, 0.3) is 0 Å². The zero-order valence-corrected chi connectivity index (χ0v) is 9.26. The fourth-order valence-electron chi connectivity index (χ4n) is 1.92. The van der Waals surface area contributed by atoms with E-state index < -0.39 is 0 Å². The Morgan fingerprint density at radius 3 is 2.64 bits per heavy atom. The SMILES string of the molecule is C=CC=CC1=C(C)C(=O)CCC1(C)C.